The molecule has 0 bridgehead atoms. The Morgan fingerprint density at radius 1 is 0.238 bits per heavy atom. The Morgan fingerprint density at radius 2 is 0.396 bits per heavy atom. The number of hydrogen-bond donors (Lipinski definition) is 3. The van der Waals surface area contributed by atoms with Crippen LogP contribution in [-0.2, 0) is 65.4 Å². The van der Waals surface area contributed by atoms with E-state index in [9.17, 15) is 43.2 Å². The number of esters is 4. The molecule has 600 valence electrons. The minimum atomic E-state index is -4.96. The summed E-state index contributed by atoms with van der Waals surface area (Å²) in [5, 5.41) is 10.6. The molecular weight excluding hydrogens is 1320 g/mol. The molecule has 0 heterocycles. The van der Waals surface area contributed by atoms with E-state index < -0.39 is 97.5 Å². The normalized spacial score (nSPS) is 13.8. The summed E-state index contributed by atoms with van der Waals surface area (Å²) in [6, 6.07) is 0. The SMILES string of the molecule is CCCCCCCCCCCCCCCCCCCCCCCC(=O)O[C@H](COC(=O)CCCCCCCCCCCCCCCCCCCCC)COP(=O)(O)OC[C@@H](O)COP(=O)(O)OC[C@@H](COC(=O)CCCCCCC)OC(=O)CCCCCCCCCCCCCCCCCC. The fourth-order valence-corrected chi connectivity index (χ4v) is 14.4. The third-order valence-electron chi connectivity index (χ3n) is 19.4. The van der Waals surface area contributed by atoms with Crippen LogP contribution in [0.25, 0.3) is 0 Å². The summed E-state index contributed by atoms with van der Waals surface area (Å²) in [5.74, 6) is -2.12. The number of carbonyl (C=O) groups excluding carboxylic acids is 4. The minimum Gasteiger partial charge on any atom is -0.462 e. The van der Waals surface area contributed by atoms with Crippen molar-refractivity contribution in [3.8, 4) is 0 Å². The zero-order valence-electron chi connectivity index (χ0n) is 65.9. The van der Waals surface area contributed by atoms with Crippen molar-refractivity contribution in [1.82, 2.24) is 0 Å². The van der Waals surface area contributed by atoms with Gasteiger partial charge in [-0.3, -0.25) is 37.3 Å². The maximum absolute atomic E-state index is 13.1. The lowest BCUT2D eigenvalue weighted by atomic mass is 10.0. The van der Waals surface area contributed by atoms with Crippen molar-refractivity contribution >= 4 is 39.5 Å². The van der Waals surface area contributed by atoms with E-state index in [0.29, 0.717) is 25.7 Å². The van der Waals surface area contributed by atoms with Gasteiger partial charge in [-0.25, -0.2) is 9.13 Å². The molecule has 0 aromatic carbocycles. The molecule has 0 aromatic rings. The first-order valence-corrected chi connectivity index (χ1v) is 45.8. The van der Waals surface area contributed by atoms with Gasteiger partial charge in [0.1, 0.15) is 19.3 Å². The van der Waals surface area contributed by atoms with Gasteiger partial charge in [-0.1, -0.05) is 394 Å². The number of unbranched alkanes of at least 4 members (excludes halogenated alkanes) is 57. The van der Waals surface area contributed by atoms with E-state index in [1.807, 2.05) is 0 Å². The summed E-state index contributed by atoms with van der Waals surface area (Å²) < 4.78 is 68.5. The van der Waals surface area contributed by atoms with Gasteiger partial charge in [-0.05, 0) is 25.7 Å². The van der Waals surface area contributed by atoms with Gasteiger partial charge < -0.3 is 33.8 Å². The van der Waals surface area contributed by atoms with E-state index in [4.69, 9.17) is 37.0 Å². The first kappa shape index (κ1) is 99.1. The van der Waals surface area contributed by atoms with Gasteiger partial charge in [0.25, 0.3) is 0 Å². The van der Waals surface area contributed by atoms with Crippen LogP contribution in [0.5, 0.6) is 0 Å². The number of ether oxygens (including phenoxy) is 4. The molecule has 0 aromatic heterocycles. The molecule has 0 fully saturated rings. The molecule has 0 aliphatic carbocycles. The lowest BCUT2D eigenvalue weighted by molar-refractivity contribution is -0.161. The Labute approximate surface area is 619 Å². The first-order chi connectivity index (χ1) is 49.2. The second kappa shape index (κ2) is 76.3. The predicted octanol–water partition coefficient (Wildman–Crippen LogP) is 25.0. The lowest BCUT2D eigenvalue weighted by Crippen LogP contribution is -2.30. The van der Waals surface area contributed by atoms with Crippen molar-refractivity contribution in [2.24, 2.45) is 0 Å². The second-order valence-electron chi connectivity index (χ2n) is 29.5. The van der Waals surface area contributed by atoms with Crippen molar-refractivity contribution in [1.29, 1.82) is 0 Å². The van der Waals surface area contributed by atoms with Crippen molar-refractivity contribution in [3.63, 3.8) is 0 Å². The van der Waals surface area contributed by atoms with Crippen LogP contribution in [0.1, 0.15) is 445 Å². The third kappa shape index (κ3) is 76.1. The molecule has 0 radical (unpaired) electrons. The maximum atomic E-state index is 13.1. The quantitative estimate of drug-likeness (QED) is 0.0222. The van der Waals surface area contributed by atoms with E-state index in [-0.39, 0.29) is 25.7 Å². The van der Waals surface area contributed by atoms with E-state index in [1.165, 1.54) is 270 Å². The monoisotopic (exact) mass is 1480 g/mol. The highest BCUT2D eigenvalue weighted by Gasteiger charge is 2.30. The Hall–Kier alpha value is -1.94. The molecule has 19 heteroatoms. The average molecular weight is 1480 g/mol. The van der Waals surface area contributed by atoms with Crippen LogP contribution in [0.2, 0.25) is 0 Å². The summed E-state index contributed by atoms with van der Waals surface area (Å²) in [6.07, 6.45) is 70.0. The Bertz CT molecular complexity index is 1910. The minimum absolute atomic E-state index is 0.108. The van der Waals surface area contributed by atoms with Gasteiger partial charge in [0.15, 0.2) is 12.2 Å². The van der Waals surface area contributed by atoms with Crippen LogP contribution in [-0.4, -0.2) is 96.7 Å². The fourth-order valence-electron chi connectivity index (χ4n) is 12.8. The van der Waals surface area contributed by atoms with Crippen LogP contribution >= 0.6 is 15.6 Å². The molecule has 0 aliphatic rings. The summed E-state index contributed by atoms with van der Waals surface area (Å²) in [4.78, 5) is 72.8. The summed E-state index contributed by atoms with van der Waals surface area (Å²) in [5.41, 5.74) is 0. The molecule has 0 saturated heterocycles. The van der Waals surface area contributed by atoms with Gasteiger partial charge in [0.05, 0.1) is 26.4 Å². The molecule has 2 unspecified atom stereocenters. The molecule has 0 saturated carbocycles. The van der Waals surface area contributed by atoms with Gasteiger partial charge in [0.2, 0.25) is 0 Å². The maximum Gasteiger partial charge on any atom is 0.472 e. The molecule has 0 aliphatic heterocycles. The number of hydrogen-bond acceptors (Lipinski definition) is 15. The fraction of sp³-hybridized carbons (Fsp3) is 0.951. The summed E-state index contributed by atoms with van der Waals surface area (Å²) in [7, 11) is -9.91. The first-order valence-electron chi connectivity index (χ1n) is 42.8. The Morgan fingerprint density at radius 3 is 0.584 bits per heavy atom. The zero-order chi connectivity index (χ0) is 73.9. The average Bonchev–Trinajstić information content (AvgIpc) is 0.955. The van der Waals surface area contributed by atoms with Gasteiger partial charge in [0, 0.05) is 25.7 Å². The predicted molar refractivity (Wildman–Crippen MR) is 414 cm³/mol. The van der Waals surface area contributed by atoms with Crippen LogP contribution in [0.3, 0.4) is 0 Å². The molecular formula is C82H160O17P2. The lowest BCUT2D eigenvalue weighted by Gasteiger charge is -2.21. The Balaban J connectivity index is 5.11. The van der Waals surface area contributed by atoms with Gasteiger partial charge in [-0.2, -0.15) is 0 Å². The van der Waals surface area contributed by atoms with Crippen LogP contribution in [0.15, 0.2) is 0 Å². The largest absolute Gasteiger partial charge is 0.472 e. The van der Waals surface area contributed by atoms with Crippen LogP contribution in [0, 0.1) is 0 Å². The number of aliphatic hydroxyl groups is 1. The van der Waals surface area contributed by atoms with E-state index in [0.717, 1.165) is 96.3 Å². The summed E-state index contributed by atoms with van der Waals surface area (Å²) >= 11 is 0. The highest BCUT2D eigenvalue weighted by Crippen LogP contribution is 2.45. The van der Waals surface area contributed by atoms with Gasteiger partial charge >= 0.3 is 39.5 Å². The molecule has 0 rings (SSSR count). The highest BCUT2D eigenvalue weighted by molar-refractivity contribution is 7.47. The standard InChI is InChI=1S/C82H160O17P2/c1-5-9-13-17-20-23-26-29-32-35-37-38-40-42-45-48-51-54-57-61-65-69-82(87)99-78(73-93-80(85)67-63-59-55-52-49-46-44-41-39-36-33-30-27-24-21-18-14-10-6-2)75-97-101(90,91)95-71-76(83)70-94-100(88,89)96-74-77(72-92-79(84)66-62-58-16-12-8-4)98-81(86)68-64-60-56-53-50-47-43-34-31-28-25-22-19-15-11-7-3/h76-78,83H,5-75H2,1-4H3,(H,88,89)(H,90,91)/t76-,77+,78+/m0/s1. The number of aliphatic hydroxyl groups excluding tert-OH is 1. The van der Waals surface area contributed by atoms with Crippen LogP contribution in [0.4, 0.5) is 0 Å². The third-order valence-corrected chi connectivity index (χ3v) is 21.3. The molecule has 17 nitrogen and oxygen atoms in total. The van der Waals surface area contributed by atoms with Crippen LogP contribution < -0.4 is 0 Å². The van der Waals surface area contributed by atoms with Crippen molar-refractivity contribution in [2.45, 2.75) is 463 Å². The number of carbonyl (C=O) groups is 4. The molecule has 5 atom stereocenters. The second-order valence-corrected chi connectivity index (χ2v) is 32.4. The van der Waals surface area contributed by atoms with Crippen molar-refractivity contribution < 1.29 is 80.2 Å². The summed E-state index contributed by atoms with van der Waals surface area (Å²) in [6.45, 7) is 4.94. The van der Waals surface area contributed by atoms with Crippen molar-refractivity contribution in [2.75, 3.05) is 39.6 Å². The number of phosphoric acid groups is 2. The van der Waals surface area contributed by atoms with Crippen molar-refractivity contribution in [3.05, 3.63) is 0 Å². The Kier molecular flexibility index (Phi) is 74.8. The van der Waals surface area contributed by atoms with Gasteiger partial charge in [-0.15, -0.1) is 0 Å². The number of phosphoric ester groups is 2. The molecule has 101 heavy (non-hydrogen) atoms. The zero-order valence-corrected chi connectivity index (χ0v) is 67.7. The van der Waals surface area contributed by atoms with E-state index in [2.05, 4.69) is 27.7 Å². The number of rotatable bonds is 83. The highest BCUT2D eigenvalue weighted by atomic mass is 31.2. The molecule has 0 spiro atoms. The van der Waals surface area contributed by atoms with E-state index in [1.54, 1.807) is 0 Å². The van der Waals surface area contributed by atoms with E-state index >= 15 is 0 Å². The molecule has 0 amide bonds. The molecule has 3 N–H and O–H groups in total. The topological polar surface area (TPSA) is 237 Å². The smallest absolute Gasteiger partial charge is 0.462 e.